The highest BCUT2D eigenvalue weighted by molar-refractivity contribution is 7.10. The summed E-state index contributed by atoms with van der Waals surface area (Å²) in [5, 5.41) is 4.78. The van der Waals surface area contributed by atoms with Gasteiger partial charge in [0.05, 0.1) is 17.0 Å². The van der Waals surface area contributed by atoms with Crippen molar-refractivity contribution in [2.24, 2.45) is 11.7 Å². The SMILES string of the molecule is CC(C)C(C)NC(=O)c1csc(C#CCN)c1. The van der Waals surface area contributed by atoms with Gasteiger partial charge in [0.1, 0.15) is 0 Å². The summed E-state index contributed by atoms with van der Waals surface area (Å²) in [5.74, 6) is 6.08. The first kappa shape index (κ1) is 13.8. The molecule has 1 heterocycles. The van der Waals surface area contributed by atoms with Crippen molar-refractivity contribution in [2.75, 3.05) is 6.54 Å². The minimum atomic E-state index is -0.0387. The molecule has 0 aromatic carbocycles. The number of nitrogens with two attached hydrogens (primary N) is 1. The van der Waals surface area contributed by atoms with Crippen LogP contribution >= 0.6 is 11.3 Å². The minimum absolute atomic E-state index is 0.0387. The second-order valence-electron chi connectivity index (χ2n) is 4.21. The van der Waals surface area contributed by atoms with E-state index in [2.05, 4.69) is 31.0 Å². The third-order valence-corrected chi connectivity index (χ3v) is 3.38. The van der Waals surface area contributed by atoms with Crippen molar-refractivity contribution < 1.29 is 4.79 Å². The molecule has 1 rings (SSSR count). The average Bonchev–Trinajstić information content (AvgIpc) is 2.74. The molecule has 0 saturated carbocycles. The molecule has 0 radical (unpaired) electrons. The Labute approximate surface area is 106 Å². The zero-order valence-corrected chi connectivity index (χ0v) is 11.2. The van der Waals surface area contributed by atoms with Crippen molar-refractivity contribution in [3.8, 4) is 11.8 Å². The molecule has 1 aromatic rings. The lowest BCUT2D eigenvalue weighted by Crippen LogP contribution is -2.35. The summed E-state index contributed by atoms with van der Waals surface area (Å²) < 4.78 is 0. The summed E-state index contributed by atoms with van der Waals surface area (Å²) in [6.07, 6.45) is 0. The molecule has 1 unspecified atom stereocenters. The van der Waals surface area contributed by atoms with Crippen molar-refractivity contribution in [2.45, 2.75) is 26.8 Å². The summed E-state index contributed by atoms with van der Waals surface area (Å²) in [7, 11) is 0. The minimum Gasteiger partial charge on any atom is -0.349 e. The second kappa shape index (κ2) is 6.43. The summed E-state index contributed by atoms with van der Waals surface area (Å²) >= 11 is 1.46. The van der Waals surface area contributed by atoms with Gasteiger partial charge in [-0.1, -0.05) is 25.7 Å². The van der Waals surface area contributed by atoms with E-state index < -0.39 is 0 Å². The first-order valence-electron chi connectivity index (χ1n) is 5.63. The molecule has 1 amide bonds. The summed E-state index contributed by atoms with van der Waals surface area (Å²) in [5.41, 5.74) is 5.96. The number of carbonyl (C=O) groups is 1. The van der Waals surface area contributed by atoms with Crippen LogP contribution in [0.1, 0.15) is 36.0 Å². The van der Waals surface area contributed by atoms with Gasteiger partial charge in [-0.05, 0) is 18.9 Å². The van der Waals surface area contributed by atoms with Gasteiger partial charge in [-0.25, -0.2) is 0 Å². The molecule has 3 nitrogen and oxygen atoms in total. The number of thiophene rings is 1. The molecule has 17 heavy (non-hydrogen) atoms. The number of carbonyl (C=O) groups excluding carboxylic acids is 1. The lowest BCUT2D eigenvalue weighted by molar-refractivity contribution is 0.0931. The van der Waals surface area contributed by atoms with E-state index in [1.54, 1.807) is 6.07 Å². The van der Waals surface area contributed by atoms with Crippen LogP contribution in [-0.4, -0.2) is 18.5 Å². The van der Waals surface area contributed by atoms with E-state index in [1.807, 2.05) is 12.3 Å². The highest BCUT2D eigenvalue weighted by Crippen LogP contribution is 2.14. The van der Waals surface area contributed by atoms with Crippen LogP contribution in [0, 0.1) is 17.8 Å². The first-order valence-corrected chi connectivity index (χ1v) is 6.51. The van der Waals surface area contributed by atoms with Gasteiger partial charge in [0.2, 0.25) is 0 Å². The molecule has 0 aliphatic rings. The number of hydrogen-bond acceptors (Lipinski definition) is 3. The van der Waals surface area contributed by atoms with Crippen LogP contribution in [0.15, 0.2) is 11.4 Å². The van der Waals surface area contributed by atoms with Crippen LogP contribution < -0.4 is 11.1 Å². The molecule has 92 valence electrons. The molecule has 0 fully saturated rings. The van der Waals surface area contributed by atoms with Gasteiger partial charge in [0, 0.05) is 11.4 Å². The number of hydrogen-bond donors (Lipinski definition) is 2. The van der Waals surface area contributed by atoms with Crippen molar-refractivity contribution in [1.82, 2.24) is 5.32 Å². The number of rotatable bonds is 3. The maximum Gasteiger partial charge on any atom is 0.252 e. The van der Waals surface area contributed by atoms with Gasteiger partial charge in [0.15, 0.2) is 0 Å². The maximum atomic E-state index is 11.9. The Kier molecular flexibility index (Phi) is 5.20. The Bertz CT molecular complexity index is 440. The van der Waals surface area contributed by atoms with Gasteiger partial charge in [-0.3, -0.25) is 4.79 Å². The largest absolute Gasteiger partial charge is 0.349 e. The highest BCUT2D eigenvalue weighted by Gasteiger charge is 2.13. The fraction of sp³-hybridized carbons (Fsp3) is 0.462. The second-order valence-corrected chi connectivity index (χ2v) is 5.12. The molecule has 0 saturated heterocycles. The predicted octanol–water partition coefficient (Wildman–Crippen LogP) is 1.83. The number of nitrogens with one attached hydrogen (secondary N) is 1. The standard InChI is InChI=1S/C13H18N2OS/c1-9(2)10(3)15-13(16)11-7-12(17-8-11)5-4-6-14/h7-10H,6,14H2,1-3H3,(H,15,16). The molecule has 4 heteroatoms. The summed E-state index contributed by atoms with van der Waals surface area (Å²) in [6.45, 7) is 6.50. The molecule has 0 aliphatic heterocycles. The van der Waals surface area contributed by atoms with Crippen molar-refractivity contribution in [3.63, 3.8) is 0 Å². The van der Waals surface area contributed by atoms with Crippen molar-refractivity contribution in [1.29, 1.82) is 0 Å². The van der Waals surface area contributed by atoms with Gasteiger partial charge >= 0.3 is 0 Å². The van der Waals surface area contributed by atoms with E-state index in [0.717, 1.165) is 4.88 Å². The Balaban J connectivity index is 2.67. The molecular weight excluding hydrogens is 232 g/mol. The fourth-order valence-electron chi connectivity index (χ4n) is 1.12. The Hall–Kier alpha value is -1.31. The van der Waals surface area contributed by atoms with Gasteiger partial charge in [0.25, 0.3) is 5.91 Å². The maximum absolute atomic E-state index is 11.9. The Morgan fingerprint density at radius 1 is 1.53 bits per heavy atom. The van der Waals surface area contributed by atoms with Gasteiger partial charge in [-0.15, -0.1) is 11.3 Å². The van der Waals surface area contributed by atoms with Gasteiger partial charge in [-0.2, -0.15) is 0 Å². The molecule has 0 spiro atoms. The monoisotopic (exact) mass is 250 g/mol. The zero-order valence-electron chi connectivity index (χ0n) is 10.4. The lowest BCUT2D eigenvalue weighted by Gasteiger charge is -2.16. The van der Waals surface area contributed by atoms with E-state index in [0.29, 0.717) is 18.0 Å². The van der Waals surface area contributed by atoms with E-state index >= 15 is 0 Å². The zero-order chi connectivity index (χ0) is 12.8. The lowest BCUT2D eigenvalue weighted by atomic mass is 10.1. The Morgan fingerprint density at radius 3 is 2.82 bits per heavy atom. The highest BCUT2D eigenvalue weighted by atomic mass is 32.1. The van der Waals surface area contributed by atoms with Crippen LogP contribution in [0.2, 0.25) is 0 Å². The average molecular weight is 250 g/mol. The normalized spacial score (nSPS) is 11.8. The predicted molar refractivity (Wildman–Crippen MR) is 72.0 cm³/mol. The molecule has 1 atom stereocenters. The number of amides is 1. The van der Waals surface area contributed by atoms with E-state index in [4.69, 9.17) is 5.73 Å². The molecule has 1 aromatic heterocycles. The Morgan fingerprint density at radius 2 is 2.24 bits per heavy atom. The summed E-state index contributed by atoms with van der Waals surface area (Å²) in [6, 6.07) is 1.97. The molecule has 0 bridgehead atoms. The van der Waals surface area contributed by atoms with Crippen molar-refractivity contribution in [3.05, 3.63) is 21.9 Å². The van der Waals surface area contributed by atoms with Crippen LogP contribution in [0.4, 0.5) is 0 Å². The van der Waals surface area contributed by atoms with Crippen LogP contribution in [0.3, 0.4) is 0 Å². The van der Waals surface area contributed by atoms with Crippen LogP contribution in [0.25, 0.3) is 0 Å². The van der Waals surface area contributed by atoms with Gasteiger partial charge < -0.3 is 11.1 Å². The molecule has 3 N–H and O–H groups in total. The molecule has 0 aliphatic carbocycles. The van der Waals surface area contributed by atoms with Crippen molar-refractivity contribution >= 4 is 17.2 Å². The topological polar surface area (TPSA) is 55.1 Å². The fourth-order valence-corrected chi connectivity index (χ4v) is 1.87. The molecular formula is C13H18N2OS. The first-order chi connectivity index (χ1) is 8.04. The quantitative estimate of drug-likeness (QED) is 0.804. The van der Waals surface area contributed by atoms with Crippen LogP contribution in [0.5, 0.6) is 0 Å². The van der Waals surface area contributed by atoms with Crippen LogP contribution in [-0.2, 0) is 0 Å². The smallest absolute Gasteiger partial charge is 0.252 e. The third-order valence-electron chi connectivity index (χ3n) is 2.53. The third kappa shape index (κ3) is 4.22. The summed E-state index contributed by atoms with van der Waals surface area (Å²) in [4.78, 5) is 12.7. The van der Waals surface area contributed by atoms with E-state index in [-0.39, 0.29) is 11.9 Å². The van der Waals surface area contributed by atoms with E-state index in [1.165, 1.54) is 11.3 Å². The van der Waals surface area contributed by atoms with E-state index in [9.17, 15) is 4.79 Å².